The van der Waals surface area contributed by atoms with E-state index in [4.69, 9.17) is 16.3 Å². The molecule has 1 aliphatic rings. The van der Waals surface area contributed by atoms with Crippen molar-refractivity contribution in [2.24, 2.45) is 0 Å². The number of halogens is 1. The Bertz CT molecular complexity index is 534. The highest BCUT2D eigenvalue weighted by molar-refractivity contribution is 6.31. The number of amides is 1. The largest absolute Gasteiger partial charge is 0.480 e. The van der Waals surface area contributed by atoms with Gasteiger partial charge in [0.1, 0.15) is 6.04 Å². The molecule has 0 radical (unpaired) electrons. The van der Waals surface area contributed by atoms with Gasteiger partial charge in [0.15, 0.2) is 0 Å². The zero-order valence-electron chi connectivity index (χ0n) is 11.8. The van der Waals surface area contributed by atoms with E-state index >= 15 is 0 Å². The SMILES string of the molecule is COC1CC(C(=O)O)N(C(=O)CCc2ccccc2Cl)C1. The fourth-order valence-electron chi connectivity index (χ4n) is 2.56. The second kappa shape index (κ2) is 6.91. The predicted molar refractivity (Wildman–Crippen MR) is 78.3 cm³/mol. The summed E-state index contributed by atoms with van der Waals surface area (Å²) in [5.41, 5.74) is 0.891. The molecule has 1 amide bonds. The molecule has 1 fully saturated rings. The van der Waals surface area contributed by atoms with E-state index in [0.29, 0.717) is 24.4 Å². The number of nitrogens with zero attached hydrogens (tertiary/aromatic N) is 1. The Labute approximate surface area is 128 Å². The summed E-state index contributed by atoms with van der Waals surface area (Å²) < 4.78 is 5.18. The summed E-state index contributed by atoms with van der Waals surface area (Å²) in [5, 5.41) is 9.83. The van der Waals surface area contributed by atoms with Gasteiger partial charge in [0.2, 0.25) is 5.91 Å². The summed E-state index contributed by atoms with van der Waals surface area (Å²) in [6.07, 6.45) is 0.863. The lowest BCUT2D eigenvalue weighted by molar-refractivity contribution is -0.148. The number of hydrogen-bond donors (Lipinski definition) is 1. The highest BCUT2D eigenvalue weighted by atomic mass is 35.5. The van der Waals surface area contributed by atoms with E-state index in [1.54, 1.807) is 6.07 Å². The molecule has 0 spiro atoms. The van der Waals surface area contributed by atoms with E-state index in [2.05, 4.69) is 0 Å². The third-order valence-electron chi connectivity index (χ3n) is 3.77. The molecule has 1 aromatic carbocycles. The quantitative estimate of drug-likeness (QED) is 0.903. The van der Waals surface area contributed by atoms with Gasteiger partial charge in [0, 0.05) is 31.5 Å². The molecular formula is C15H18ClNO4. The Kier molecular flexibility index (Phi) is 5.20. The first-order valence-electron chi connectivity index (χ1n) is 6.81. The molecule has 2 atom stereocenters. The number of rotatable bonds is 5. The molecule has 0 bridgehead atoms. The number of methoxy groups -OCH3 is 1. The number of benzene rings is 1. The Hall–Kier alpha value is -1.59. The third kappa shape index (κ3) is 3.74. The van der Waals surface area contributed by atoms with Gasteiger partial charge in [-0.1, -0.05) is 29.8 Å². The summed E-state index contributed by atoms with van der Waals surface area (Å²) in [4.78, 5) is 24.9. The molecule has 1 aliphatic heterocycles. The average Bonchev–Trinajstić information content (AvgIpc) is 2.90. The van der Waals surface area contributed by atoms with Crippen molar-refractivity contribution in [3.05, 3.63) is 34.9 Å². The number of hydrogen-bond acceptors (Lipinski definition) is 3. The second-order valence-electron chi connectivity index (χ2n) is 5.08. The maximum Gasteiger partial charge on any atom is 0.326 e. The van der Waals surface area contributed by atoms with Gasteiger partial charge in [-0.15, -0.1) is 0 Å². The van der Waals surface area contributed by atoms with Gasteiger partial charge in [-0.2, -0.15) is 0 Å². The smallest absolute Gasteiger partial charge is 0.326 e. The van der Waals surface area contributed by atoms with Crippen LogP contribution in [0.15, 0.2) is 24.3 Å². The topological polar surface area (TPSA) is 66.8 Å². The maximum atomic E-state index is 12.3. The van der Waals surface area contributed by atoms with Crippen LogP contribution in [0.25, 0.3) is 0 Å². The Morgan fingerprint density at radius 1 is 1.43 bits per heavy atom. The van der Waals surface area contributed by atoms with Crippen molar-refractivity contribution in [2.45, 2.75) is 31.4 Å². The molecule has 2 rings (SSSR count). The number of carboxylic acid groups (broad SMARTS) is 1. The van der Waals surface area contributed by atoms with Crippen LogP contribution in [0.4, 0.5) is 0 Å². The Morgan fingerprint density at radius 3 is 2.76 bits per heavy atom. The van der Waals surface area contributed by atoms with Crippen LogP contribution in [0, 0.1) is 0 Å². The van der Waals surface area contributed by atoms with Crippen molar-refractivity contribution in [1.82, 2.24) is 4.90 Å². The first-order chi connectivity index (χ1) is 10.0. The summed E-state index contributed by atoms with van der Waals surface area (Å²) in [7, 11) is 1.53. The highest BCUT2D eigenvalue weighted by Gasteiger charge is 2.39. The molecule has 5 nitrogen and oxygen atoms in total. The second-order valence-corrected chi connectivity index (χ2v) is 5.49. The van der Waals surface area contributed by atoms with Crippen molar-refractivity contribution in [3.8, 4) is 0 Å². The van der Waals surface area contributed by atoms with Crippen LogP contribution < -0.4 is 0 Å². The van der Waals surface area contributed by atoms with Gasteiger partial charge in [-0.05, 0) is 18.1 Å². The molecular weight excluding hydrogens is 294 g/mol. The lowest BCUT2D eigenvalue weighted by Gasteiger charge is -2.21. The van der Waals surface area contributed by atoms with Crippen LogP contribution in [-0.4, -0.2) is 47.7 Å². The number of aliphatic carboxylic acids is 1. The Morgan fingerprint density at radius 2 is 2.14 bits per heavy atom. The summed E-state index contributed by atoms with van der Waals surface area (Å²) >= 11 is 6.05. The molecule has 0 aliphatic carbocycles. The van der Waals surface area contributed by atoms with Crippen LogP contribution in [0.1, 0.15) is 18.4 Å². The monoisotopic (exact) mass is 311 g/mol. The van der Waals surface area contributed by atoms with Crippen LogP contribution in [-0.2, 0) is 20.7 Å². The number of carbonyl (C=O) groups excluding carboxylic acids is 1. The summed E-state index contributed by atoms with van der Waals surface area (Å²) in [5.74, 6) is -1.16. The minimum absolute atomic E-state index is 0.179. The highest BCUT2D eigenvalue weighted by Crippen LogP contribution is 2.23. The van der Waals surface area contributed by atoms with E-state index in [1.165, 1.54) is 12.0 Å². The van der Waals surface area contributed by atoms with Gasteiger partial charge in [0.25, 0.3) is 0 Å². The molecule has 6 heteroatoms. The van der Waals surface area contributed by atoms with E-state index in [-0.39, 0.29) is 18.4 Å². The van der Waals surface area contributed by atoms with Gasteiger partial charge < -0.3 is 14.7 Å². The first kappa shape index (κ1) is 15.8. The molecule has 1 heterocycles. The molecule has 0 aromatic heterocycles. The van der Waals surface area contributed by atoms with Crippen molar-refractivity contribution < 1.29 is 19.4 Å². The lowest BCUT2D eigenvalue weighted by Crippen LogP contribution is -2.40. The van der Waals surface area contributed by atoms with Crippen LogP contribution in [0.3, 0.4) is 0 Å². The third-order valence-corrected chi connectivity index (χ3v) is 4.14. The number of ether oxygens (including phenoxy) is 1. The maximum absolute atomic E-state index is 12.3. The summed E-state index contributed by atoms with van der Waals surface area (Å²) in [6.45, 7) is 0.328. The van der Waals surface area contributed by atoms with Crippen LogP contribution >= 0.6 is 11.6 Å². The number of likely N-dealkylation sites (tertiary alicyclic amines) is 1. The molecule has 1 N–H and O–H groups in total. The van der Waals surface area contributed by atoms with Crippen molar-refractivity contribution >= 4 is 23.5 Å². The van der Waals surface area contributed by atoms with Gasteiger partial charge in [0.05, 0.1) is 6.10 Å². The van der Waals surface area contributed by atoms with Crippen molar-refractivity contribution in [2.75, 3.05) is 13.7 Å². The predicted octanol–water partition coefficient (Wildman–Crippen LogP) is 1.97. The number of aryl methyl sites for hydroxylation is 1. The summed E-state index contributed by atoms with van der Waals surface area (Å²) in [6, 6.07) is 6.54. The number of carbonyl (C=O) groups is 2. The molecule has 1 saturated heterocycles. The van der Waals surface area contributed by atoms with Crippen molar-refractivity contribution in [1.29, 1.82) is 0 Å². The van der Waals surface area contributed by atoms with Gasteiger partial charge in [-0.25, -0.2) is 4.79 Å². The number of carboxylic acids is 1. The molecule has 0 saturated carbocycles. The molecule has 2 unspecified atom stereocenters. The van der Waals surface area contributed by atoms with Crippen LogP contribution in [0.2, 0.25) is 5.02 Å². The van der Waals surface area contributed by atoms with E-state index in [9.17, 15) is 14.7 Å². The van der Waals surface area contributed by atoms with E-state index < -0.39 is 12.0 Å². The standard InChI is InChI=1S/C15H18ClNO4/c1-21-11-8-13(15(19)20)17(9-11)14(18)7-6-10-4-2-3-5-12(10)16/h2-5,11,13H,6-9H2,1H3,(H,19,20). The average molecular weight is 312 g/mol. The minimum atomic E-state index is -0.986. The minimum Gasteiger partial charge on any atom is -0.480 e. The molecule has 1 aromatic rings. The fraction of sp³-hybridized carbons (Fsp3) is 0.467. The fourth-order valence-corrected chi connectivity index (χ4v) is 2.79. The van der Waals surface area contributed by atoms with Gasteiger partial charge >= 0.3 is 5.97 Å². The van der Waals surface area contributed by atoms with Crippen molar-refractivity contribution in [3.63, 3.8) is 0 Å². The van der Waals surface area contributed by atoms with Crippen LogP contribution in [0.5, 0.6) is 0 Å². The van der Waals surface area contributed by atoms with Gasteiger partial charge in [-0.3, -0.25) is 4.79 Å². The zero-order chi connectivity index (χ0) is 15.4. The Balaban J connectivity index is 1.99. The van der Waals surface area contributed by atoms with E-state index in [0.717, 1.165) is 5.56 Å². The lowest BCUT2D eigenvalue weighted by atomic mass is 10.1. The molecule has 21 heavy (non-hydrogen) atoms. The van der Waals surface area contributed by atoms with E-state index in [1.807, 2.05) is 18.2 Å². The zero-order valence-corrected chi connectivity index (χ0v) is 12.5. The first-order valence-corrected chi connectivity index (χ1v) is 7.19. The molecule has 114 valence electrons. The normalized spacial score (nSPS) is 21.5.